The van der Waals surface area contributed by atoms with E-state index in [4.69, 9.17) is 9.47 Å². The molecule has 0 aromatic heterocycles. The Hall–Kier alpha value is -2.50. The number of rotatable bonds is 5. The van der Waals surface area contributed by atoms with Crippen molar-refractivity contribution in [3.05, 3.63) is 41.1 Å². The first-order chi connectivity index (χ1) is 11.0. The number of urea groups is 1. The van der Waals surface area contributed by atoms with E-state index in [9.17, 15) is 9.59 Å². The Morgan fingerprint density at radius 2 is 1.96 bits per heavy atom. The maximum Gasteiger partial charge on any atom is 0.337 e. The number of hydrogen-bond donors (Lipinski definition) is 1. The number of nitrogens with zero attached hydrogens (tertiary/aromatic N) is 1. The number of amides is 2. The Labute approximate surface area is 136 Å². The van der Waals surface area contributed by atoms with Gasteiger partial charge in [-0.25, -0.2) is 9.59 Å². The number of ether oxygens (including phenoxy) is 2. The summed E-state index contributed by atoms with van der Waals surface area (Å²) in [4.78, 5) is 25.6. The molecule has 2 amide bonds. The fourth-order valence-electron chi connectivity index (χ4n) is 2.44. The highest BCUT2D eigenvalue weighted by Gasteiger charge is 2.34. The van der Waals surface area contributed by atoms with Crippen LogP contribution in [0.3, 0.4) is 0 Å². The number of carbonyl (C=O) groups is 2. The second kappa shape index (κ2) is 7.17. The van der Waals surface area contributed by atoms with Crippen LogP contribution in [0.1, 0.15) is 31.9 Å². The van der Waals surface area contributed by atoms with Crippen LogP contribution >= 0.6 is 0 Å². The maximum absolute atomic E-state index is 12.1. The fraction of sp³-hybridized carbons (Fsp3) is 0.412. The molecule has 1 heterocycles. The van der Waals surface area contributed by atoms with Gasteiger partial charge in [0.2, 0.25) is 0 Å². The van der Waals surface area contributed by atoms with Gasteiger partial charge < -0.3 is 19.7 Å². The number of nitrogens with one attached hydrogen (secondary N) is 1. The molecule has 0 saturated carbocycles. The molecule has 1 aromatic carbocycles. The van der Waals surface area contributed by atoms with Crippen LogP contribution in [0.25, 0.3) is 0 Å². The third-order valence-electron chi connectivity index (χ3n) is 3.85. The smallest absolute Gasteiger partial charge is 0.337 e. The van der Waals surface area contributed by atoms with Crippen molar-refractivity contribution in [1.82, 2.24) is 10.2 Å². The van der Waals surface area contributed by atoms with Crippen LogP contribution < -0.4 is 10.1 Å². The van der Waals surface area contributed by atoms with Gasteiger partial charge >= 0.3 is 12.0 Å². The molecule has 0 aliphatic carbocycles. The molecular formula is C17H22N2O4. The molecule has 6 heteroatoms. The average molecular weight is 318 g/mol. The summed E-state index contributed by atoms with van der Waals surface area (Å²) in [6.07, 6.45) is 0.932. The van der Waals surface area contributed by atoms with Gasteiger partial charge in [0.05, 0.1) is 25.3 Å². The lowest BCUT2D eigenvalue weighted by Crippen LogP contribution is -2.46. The molecule has 0 saturated heterocycles. The van der Waals surface area contributed by atoms with Crippen molar-refractivity contribution < 1.29 is 19.1 Å². The zero-order valence-corrected chi connectivity index (χ0v) is 13.9. The van der Waals surface area contributed by atoms with Crippen molar-refractivity contribution in [3.63, 3.8) is 0 Å². The van der Waals surface area contributed by atoms with E-state index in [0.717, 1.165) is 17.7 Å². The Morgan fingerprint density at radius 3 is 2.52 bits per heavy atom. The Morgan fingerprint density at radius 1 is 1.30 bits per heavy atom. The number of benzene rings is 1. The molecule has 0 spiro atoms. The average Bonchev–Trinajstić information content (AvgIpc) is 2.57. The molecule has 1 aliphatic heterocycles. The van der Waals surface area contributed by atoms with E-state index in [1.54, 1.807) is 14.0 Å². The SMILES string of the molecule is CCCOc1ccc([C@H]2NC(=O)N(C)C(C)=C2C(=O)OC)cc1. The van der Waals surface area contributed by atoms with Gasteiger partial charge in [-0.1, -0.05) is 19.1 Å². The highest BCUT2D eigenvalue weighted by atomic mass is 16.5. The minimum atomic E-state index is -0.536. The van der Waals surface area contributed by atoms with Gasteiger partial charge in [-0.2, -0.15) is 0 Å². The summed E-state index contributed by atoms with van der Waals surface area (Å²) in [5.74, 6) is 0.306. The van der Waals surface area contributed by atoms with E-state index in [1.807, 2.05) is 31.2 Å². The summed E-state index contributed by atoms with van der Waals surface area (Å²) < 4.78 is 10.4. The maximum atomic E-state index is 12.1. The monoisotopic (exact) mass is 318 g/mol. The lowest BCUT2D eigenvalue weighted by atomic mass is 9.95. The van der Waals surface area contributed by atoms with Crippen LogP contribution in [0.2, 0.25) is 0 Å². The molecule has 0 bridgehead atoms. The molecular weight excluding hydrogens is 296 g/mol. The molecule has 1 atom stereocenters. The number of carbonyl (C=O) groups excluding carboxylic acids is 2. The van der Waals surface area contributed by atoms with Crippen molar-refractivity contribution in [3.8, 4) is 5.75 Å². The van der Waals surface area contributed by atoms with Crippen molar-refractivity contribution in [1.29, 1.82) is 0 Å². The first kappa shape index (κ1) is 16.9. The van der Waals surface area contributed by atoms with E-state index in [-0.39, 0.29) is 6.03 Å². The number of esters is 1. The Balaban J connectivity index is 2.35. The van der Waals surface area contributed by atoms with Crippen LogP contribution in [0.4, 0.5) is 4.79 Å². The molecule has 1 aromatic rings. The van der Waals surface area contributed by atoms with Gasteiger partial charge in [-0.3, -0.25) is 0 Å². The third-order valence-corrected chi connectivity index (χ3v) is 3.85. The summed E-state index contributed by atoms with van der Waals surface area (Å²) in [7, 11) is 2.95. The standard InChI is InChI=1S/C17H22N2O4/c1-5-10-23-13-8-6-12(7-9-13)15-14(16(20)22-4)11(2)19(3)17(21)18-15/h6-9,15H,5,10H2,1-4H3,(H,18,21)/t15-/m1/s1. The summed E-state index contributed by atoms with van der Waals surface area (Å²) in [5.41, 5.74) is 1.81. The largest absolute Gasteiger partial charge is 0.494 e. The molecule has 6 nitrogen and oxygen atoms in total. The topological polar surface area (TPSA) is 67.9 Å². The predicted octanol–water partition coefficient (Wildman–Crippen LogP) is 2.62. The molecule has 1 aliphatic rings. The molecule has 1 N–H and O–H groups in total. The van der Waals surface area contributed by atoms with Crippen LogP contribution in [-0.2, 0) is 9.53 Å². The van der Waals surface area contributed by atoms with Gasteiger partial charge in [-0.15, -0.1) is 0 Å². The summed E-state index contributed by atoms with van der Waals surface area (Å²) >= 11 is 0. The van der Waals surface area contributed by atoms with Crippen LogP contribution in [0, 0.1) is 0 Å². The van der Waals surface area contributed by atoms with Gasteiger partial charge in [0.1, 0.15) is 5.75 Å². The molecule has 124 valence electrons. The fourth-order valence-corrected chi connectivity index (χ4v) is 2.44. The van der Waals surface area contributed by atoms with Crippen LogP contribution in [0.5, 0.6) is 5.75 Å². The van der Waals surface area contributed by atoms with Crippen molar-refractivity contribution in [2.24, 2.45) is 0 Å². The van der Waals surface area contributed by atoms with Gasteiger partial charge in [0.15, 0.2) is 0 Å². The predicted molar refractivity (Wildman–Crippen MR) is 86.0 cm³/mol. The molecule has 0 fully saturated rings. The zero-order chi connectivity index (χ0) is 17.0. The Kier molecular flexibility index (Phi) is 5.26. The van der Waals surface area contributed by atoms with E-state index in [0.29, 0.717) is 17.9 Å². The number of allylic oxidation sites excluding steroid dienone is 1. The molecule has 23 heavy (non-hydrogen) atoms. The van der Waals surface area contributed by atoms with Crippen molar-refractivity contribution in [2.75, 3.05) is 20.8 Å². The van der Waals surface area contributed by atoms with Gasteiger partial charge in [0, 0.05) is 12.7 Å². The number of hydrogen-bond acceptors (Lipinski definition) is 4. The summed E-state index contributed by atoms with van der Waals surface area (Å²) in [6.45, 7) is 4.42. The third kappa shape index (κ3) is 3.47. The van der Waals surface area contributed by atoms with E-state index < -0.39 is 12.0 Å². The minimum Gasteiger partial charge on any atom is -0.494 e. The highest BCUT2D eigenvalue weighted by Crippen LogP contribution is 2.31. The lowest BCUT2D eigenvalue weighted by molar-refractivity contribution is -0.136. The van der Waals surface area contributed by atoms with E-state index >= 15 is 0 Å². The normalized spacial score (nSPS) is 17.8. The molecule has 0 unspecified atom stereocenters. The summed E-state index contributed by atoms with van der Waals surface area (Å²) in [5, 5.41) is 2.83. The van der Waals surface area contributed by atoms with Crippen LogP contribution in [0.15, 0.2) is 35.5 Å². The van der Waals surface area contributed by atoms with Crippen LogP contribution in [-0.4, -0.2) is 37.7 Å². The number of methoxy groups -OCH3 is 1. The lowest BCUT2D eigenvalue weighted by Gasteiger charge is -2.33. The quantitative estimate of drug-likeness (QED) is 0.847. The van der Waals surface area contributed by atoms with E-state index in [1.165, 1.54) is 12.0 Å². The van der Waals surface area contributed by atoms with Gasteiger partial charge in [0.25, 0.3) is 0 Å². The Bertz CT molecular complexity index is 622. The van der Waals surface area contributed by atoms with Crippen molar-refractivity contribution >= 4 is 12.0 Å². The first-order valence-corrected chi connectivity index (χ1v) is 7.55. The van der Waals surface area contributed by atoms with E-state index in [2.05, 4.69) is 5.32 Å². The molecule has 2 rings (SSSR count). The highest BCUT2D eigenvalue weighted by molar-refractivity contribution is 5.94. The first-order valence-electron chi connectivity index (χ1n) is 7.55. The molecule has 0 radical (unpaired) electrons. The minimum absolute atomic E-state index is 0.258. The van der Waals surface area contributed by atoms with Crippen molar-refractivity contribution in [2.45, 2.75) is 26.3 Å². The second-order valence-electron chi connectivity index (χ2n) is 5.35. The van der Waals surface area contributed by atoms with Gasteiger partial charge in [-0.05, 0) is 31.0 Å². The summed E-state index contributed by atoms with van der Waals surface area (Å²) in [6, 6.07) is 6.56. The second-order valence-corrected chi connectivity index (χ2v) is 5.35. The zero-order valence-electron chi connectivity index (χ0n) is 13.9.